The van der Waals surface area contributed by atoms with Crippen LogP contribution in [0.5, 0.6) is 5.88 Å². The van der Waals surface area contributed by atoms with Gasteiger partial charge in [-0.1, -0.05) is 19.1 Å². The van der Waals surface area contributed by atoms with E-state index in [0.29, 0.717) is 23.8 Å². The number of benzene rings is 1. The number of nitrogens with zero attached hydrogens (tertiary/aromatic N) is 4. The molecule has 9 heteroatoms. The second kappa shape index (κ2) is 10.0. The highest BCUT2D eigenvalue weighted by Gasteiger charge is 2.48. The highest BCUT2D eigenvalue weighted by Crippen LogP contribution is 2.36. The first-order valence-electron chi connectivity index (χ1n) is 11.5. The van der Waals surface area contributed by atoms with Crippen LogP contribution in [0.25, 0.3) is 0 Å². The number of hydrogen-bond acceptors (Lipinski definition) is 6. The number of rotatable bonds is 7. The predicted molar refractivity (Wildman–Crippen MR) is 125 cm³/mol. The van der Waals surface area contributed by atoms with E-state index in [2.05, 4.69) is 15.0 Å². The third-order valence-electron chi connectivity index (χ3n) is 6.80. The van der Waals surface area contributed by atoms with Gasteiger partial charge >= 0.3 is 6.18 Å². The highest BCUT2D eigenvalue weighted by atomic mass is 19.4. The first kappa shape index (κ1) is 24.0. The number of carbonyl (C=O) groups is 1. The fourth-order valence-electron chi connectivity index (χ4n) is 4.86. The number of methoxy groups -OCH3 is 1. The van der Waals surface area contributed by atoms with Gasteiger partial charge in [0, 0.05) is 43.4 Å². The number of anilines is 2. The van der Waals surface area contributed by atoms with Crippen LogP contribution in [0.4, 0.5) is 24.5 Å². The SMILES string of the molecule is COc1cc(N2CCC(Cc3ccc(N4N=C(C(F)(F)F)C(C)[C@@H]4CC=O)cc3)CC2)ccn1. The van der Waals surface area contributed by atoms with Crippen LogP contribution in [-0.4, -0.2) is 49.4 Å². The Morgan fingerprint density at radius 1 is 1.12 bits per heavy atom. The van der Waals surface area contributed by atoms with Gasteiger partial charge in [0.15, 0.2) is 0 Å². The van der Waals surface area contributed by atoms with E-state index in [4.69, 9.17) is 4.74 Å². The molecule has 34 heavy (non-hydrogen) atoms. The highest BCUT2D eigenvalue weighted by molar-refractivity contribution is 5.95. The summed E-state index contributed by atoms with van der Waals surface area (Å²) < 4.78 is 45.3. The van der Waals surface area contributed by atoms with Crippen LogP contribution in [0.1, 0.15) is 31.7 Å². The molecule has 1 unspecified atom stereocenters. The van der Waals surface area contributed by atoms with Gasteiger partial charge in [0.1, 0.15) is 12.0 Å². The van der Waals surface area contributed by atoms with Crippen molar-refractivity contribution in [3.63, 3.8) is 0 Å². The molecule has 1 aromatic heterocycles. The average molecular weight is 475 g/mol. The Morgan fingerprint density at radius 3 is 2.44 bits per heavy atom. The third kappa shape index (κ3) is 5.18. The molecule has 0 radical (unpaired) electrons. The number of piperidine rings is 1. The standard InChI is InChI=1S/C25H29F3N4O2/c1-17-22(10-14-33)32(30-24(17)25(26,27)28)20-5-3-18(4-6-20)15-19-8-12-31(13-9-19)21-7-11-29-23(16-21)34-2/h3-7,11,14,16-17,19,22H,8-10,12-13,15H2,1-2H3/t17?,22-/m0/s1. The maximum atomic E-state index is 13.4. The Hall–Kier alpha value is -3.10. The van der Waals surface area contributed by atoms with Crippen molar-refractivity contribution in [3.8, 4) is 5.88 Å². The predicted octanol–water partition coefficient (Wildman–Crippen LogP) is 4.88. The number of carbonyl (C=O) groups excluding carboxylic acids is 1. The molecule has 0 aliphatic carbocycles. The summed E-state index contributed by atoms with van der Waals surface area (Å²) in [5.41, 5.74) is 2.00. The van der Waals surface area contributed by atoms with Crippen LogP contribution in [0, 0.1) is 11.8 Å². The van der Waals surface area contributed by atoms with Crippen molar-refractivity contribution in [1.82, 2.24) is 4.98 Å². The number of ether oxygens (including phenoxy) is 1. The average Bonchev–Trinajstić information content (AvgIpc) is 3.17. The molecule has 4 rings (SSSR count). The Morgan fingerprint density at radius 2 is 1.82 bits per heavy atom. The fraction of sp³-hybridized carbons (Fsp3) is 0.480. The second-order valence-electron chi connectivity index (χ2n) is 8.94. The summed E-state index contributed by atoms with van der Waals surface area (Å²) in [4.78, 5) is 17.6. The van der Waals surface area contributed by atoms with E-state index in [1.165, 1.54) is 11.9 Å². The van der Waals surface area contributed by atoms with Crippen LogP contribution < -0.4 is 14.6 Å². The Bertz CT molecular complexity index is 1020. The number of halogens is 3. The monoisotopic (exact) mass is 474 g/mol. The second-order valence-corrected chi connectivity index (χ2v) is 8.94. The van der Waals surface area contributed by atoms with Gasteiger partial charge in [0.05, 0.1) is 18.8 Å². The number of aldehydes is 1. The molecule has 2 aromatic rings. The van der Waals surface area contributed by atoms with Crippen molar-refractivity contribution >= 4 is 23.4 Å². The molecule has 2 aliphatic rings. The Kier molecular flexibility index (Phi) is 7.09. The molecule has 0 amide bonds. The van der Waals surface area contributed by atoms with Gasteiger partial charge in [-0.2, -0.15) is 18.3 Å². The first-order valence-corrected chi connectivity index (χ1v) is 11.5. The smallest absolute Gasteiger partial charge is 0.431 e. The molecule has 182 valence electrons. The lowest BCUT2D eigenvalue weighted by atomic mass is 9.90. The van der Waals surface area contributed by atoms with Crippen LogP contribution in [0.2, 0.25) is 0 Å². The molecule has 1 saturated heterocycles. The molecule has 1 aromatic carbocycles. The van der Waals surface area contributed by atoms with E-state index in [1.807, 2.05) is 24.3 Å². The summed E-state index contributed by atoms with van der Waals surface area (Å²) in [5, 5.41) is 5.21. The summed E-state index contributed by atoms with van der Waals surface area (Å²) in [6, 6.07) is 10.8. The van der Waals surface area contributed by atoms with Crippen molar-refractivity contribution in [2.75, 3.05) is 30.1 Å². The van der Waals surface area contributed by atoms with E-state index in [-0.39, 0.29) is 6.42 Å². The molecule has 1 fully saturated rings. The summed E-state index contributed by atoms with van der Waals surface area (Å²) in [5.74, 6) is 0.278. The summed E-state index contributed by atoms with van der Waals surface area (Å²) in [6.45, 7) is 3.37. The van der Waals surface area contributed by atoms with Crippen molar-refractivity contribution < 1.29 is 22.7 Å². The van der Waals surface area contributed by atoms with E-state index < -0.39 is 23.8 Å². The molecule has 3 heterocycles. The van der Waals surface area contributed by atoms with E-state index in [0.717, 1.165) is 43.6 Å². The molecule has 0 saturated carbocycles. The molecule has 2 atom stereocenters. The Balaban J connectivity index is 1.38. The van der Waals surface area contributed by atoms with Crippen molar-refractivity contribution in [3.05, 3.63) is 48.2 Å². The lowest BCUT2D eigenvalue weighted by molar-refractivity contribution is -0.108. The lowest BCUT2D eigenvalue weighted by Crippen LogP contribution is -2.35. The number of hydrazone groups is 1. The summed E-state index contributed by atoms with van der Waals surface area (Å²) in [6.07, 6.45) is 0.919. The minimum Gasteiger partial charge on any atom is -0.481 e. The zero-order valence-corrected chi connectivity index (χ0v) is 19.3. The largest absolute Gasteiger partial charge is 0.481 e. The van der Waals surface area contributed by atoms with Crippen molar-refractivity contribution in [2.45, 2.75) is 44.8 Å². The quantitative estimate of drug-likeness (QED) is 0.536. The number of aromatic nitrogens is 1. The molecule has 0 bridgehead atoms. The third-order valence-corrected chi connectivity index (χ3v) is 6.80. The minimum absolute atomic E-state index is 0.00603. The van der Waals surface area contributed by atoms with Gasteiger partial charge < -0.3 is 14.4 Å². The number of hydrogen-bond donors (Lipinski definition) is 0. The molecule has 6 nitrogen and oxygen atoms in total. The van der Waals surface area contributed by atoms with Gasteiger partial charge in [0.2, 0.25) is 5.88 Å². The zero-order chi connectivity index (χ0) is 24.3. The van der Waals surface area contributed by atoms with Crippen LogP contribution in [0.3, 0.4) is 0 Å². The summed E-state index contributed by atoms with van der Waals surface area (Å²) >= 11 is 0. The van der Waals surface area contributed by atoms with E-state index >= 15 is 0 Å². The molecular formula is C25H29F3N4O2. The maximum absolute atomic E-state index is 13.4. The van der Waals surface area contributed by atoms with Crippen LogP contribution in [-0.2, 0) is 11.2 Å². The summed E-state index contributed by atoms with van der Waals surface area (Å²) in [7, 11) is 1.61. The number of pyridine rings is 1. The minimum atomic E-state index is -4.51. The van der Waals surface area contributed by atoms with Crippen LogP contribution in [0.15, 0.2) is 47.7 Å². The van der Waals surface area contributed by atoms with Gasteiger partial charge in [-0.15, -0.1) is 0 Å². The lowest BCUT2D eigenvalue weighted by Gasteiger charge is -2.33. The van der Waals surface area contributed by atoms with Gasteiger partial charge in [-0.3, -0.25) is 5.01 Å². The first-order chi connectivity index (χ1) is 16.3. The van der Waals surface area contributed by atoms with Crippen LogP contribution >= 0.6 is 0 Å². The number of alkyl halides is 3. The van der Waals surface area contributed by atoms with Gasteiger partial charge in [-0.05, 0) is 48.9 Å². The maximum Gasteiger partial charge on any atom is 0.431 e. The van der Waals surface area contributed by atoms with E-state index in [9.17, 15) is 18.0 Å². The topological polar surface area (TPSA) is 58.0 Å². The molecule has 2 aliphatic heterocycles. The van der Waals surface area contributed by atoms with Gasteiger partial charge in [0.25, 0.3) is 0 Å². The van der Waals surface area contributed by atoms with Crippen molar-refractivity contribution in [2.24, 2.45) is 16.9 Å². The Labute approximate surface area is 197 Å². The molecule has 0 spiro atoms. The molecular weight excluding hydrogens is 445 g/mol. The fourth-order valence-corrected chi connectivity index (χ4v) is 4.86. The zero-order valence-electron chi connectivity index (χ0n) is 19.3. The van der Waals surface area contributed by atoms with Gasteiger partial charge in [-0.25, -0.2) is 4.98 Å². The van der Waals surface area contributed by atoms with Crippen molar-refractivity contribution in [1.29, 1.82) is 0 Å². The normalized spacial score (nSPS) is 21.5. The molecule has 0 N–H and O–H groups in total. The van der Waals surface area contributed by atoms with E-state index in [1.54, 1.807) is 25.4 Å².